The van der Waals surface area contributed by atoms with Gasteiger partial charge in [-0.3, -0.25) is 24.1 Å². The van der Waals surface area contributed by atoms with Gasteiger partial charge in [-0.1, -0.05) is 36.7 Å². The van der Waals surface area contributed by atoms with E-state index in [0.717, 1.165) is 81.3 Å². The molecule has 5 aliphatic rings. The summed E-state index contributed by atoms with van der Waals surface area (Å²) in [5.41, 5.74) is 2.96. The number of rotatable bonds is 8. The van der Waals surface area contributed by atoms with Crippen molar-refractivity contribution in [3.63, 3.8) is 0 Å². The predicted molar refractivity (Wildman–Crippen MR) is 227 cm³/mol. The first-order valence-electron chi connectivity index (χ1n) is 20.8. The lowest BCUT2D eigenvalue weighted by molar-refractivity contribution is -0.138. The number of carboxylic acids is 1. The van der Waals surface area contributed by atoms with Crippen molar-refractivity contribution >= 4 is 44.7 Å². The van der Waals surface area contributed by atoms with Crippen LogP contribution in [-0.4, -0.2) is 125 Å². The van der Waals surface area contributed by atoms with Gasteiger partial charge >= 0.3 is 5.97 Å². The molecule has 1 spiro atoms. The smallest absolute Gasteiger partial charge is 0.304 e. The van der Waals surface area contributed by atoms with Crippen molar-refractivity contribution in [3.05, 3.63) is 70.3 Å². The van der Waals surface area contributed by atoms with Crippen LogP contribution in [0.25, 0.3) is 0 Å². The van der Waals surface area contributed by atoms with Gasteiger partial charge in [0, 0.05) is 86.8 Å². The van der Waals surface area contributed by atoms with E-state index in [1.165, 1.54) is 11.1 Å². The normalized spacial score (nSPS) is 33.5. The minimum absolute atomic E-state index is 0.0156. The number of aliphatic hydroxyl groups is 1. The zero-order valence-corrected chi connectivity index (χ0v) is 35.4. The Morgan fingerprint density at radius 2 is 1.95 bits per heavy atom. The van der Waals surface area contributed by atoms with E-state index >= 15 is 0 Å². The van der Waals surface area contributed by atoms with Crippen molar-refractivity contribution in [2.75, 3.05) is 71.0 Å². The first-order valence-corrected chi connectivity index (χ1v) is 22.9. The summed E-state index contributed by atoms with van der Waals surface area (Å²) in [5, 5.41) is 19.6. The molecule has 1 saturated carbocycles. The number of anilines is 1. The molecular formula is C44H61ClN4O7S. The van der Waals surface area contributed by atoms with Crippen molar-refractivity contribution in [1.82, 2.24) is 14.5 Å². The lowest BCUT2D eigenvalue weighted by atomic mass is 9.63. The second kappa shape index (κ2) is 17.2. The van der Waals surface area contributed by atoms with E-state index in [0.29, 0.717) is 38.1 Å². The lowest BCUT2D eigenvalue weighted by Gasteiger charge is -2.52. The third-order valence-corrected chi connectivity index (χ3v) is 16.5. The van der Waals surface area contributed by atoms with Crippen LogP contribution in [0.2, 0.25) is 5.02 Å². The van der Waals surface area contributed by atoms with E-state index in [-0.39, 0.29) is 42.2 Å². The highest BCUT2D eigenvalue weighted by Gasteiger charge is 2.50. The molecule has 3 N–H and O–H groups in total. The van der Waals surface area contributed by atoms with Crippen LogP contribution in [0.5, 0.6) is 5.75 Å². The maximum Gasteiger partial charge on any atom is 0.304 e. The molecular weight excluding hydrogens is 764 g/mol. The van der Waals surface area contributed by atoms with Crippen LogP contribution in [0.1, 0.15) is 80.3 Å². The zero-order chi connectivity index (χ0) is 40.5. The summed E-state index contributed by atoms with van der Waals surface area (Å²) in [5.74, 6) is 4.00. The third-order valence-electron chi connectivity index (χ3n) is 14.0. The number of aliphatic carboxylic acids is 1. The van der Waals surface area contributed by atoms with E-state index in [2.05, 4.69) is 56.5 Å². The summed E-state index contributed by atoms with van der Waals surface area (Å²) in [6.07, 6.45) is 10.5. The van der Waals surface area contributed by atoms with E-state index in [9.17, 15) is 24.0 Å². The molecule has 1 saturated heterocycles. The average molecular weight is 826 g/mol. The van der Waals surface area contributed by atoms with Gasteiger partial charge in [-0.2, -0.15) is 0 Å². The monoisotopic (exact) mass is 824 g/mol. The Morgan fingerprint density at radius 1 is 1.16 bits per heavy atom. The van der Waals surface area contributed by atoms with E-state index in [4.69, 9.17) is 21.1 Å². The number of nitrogens with zero attached hydrogens (tertiary/aromatic N) is 3. The van der Waals surface area contributed by atoms with Gasteiger partial charge in [0.15, 0.2) is 0 Å². The fourth-order valence-corrected chi connectivity index (χ4v) is 12.0. The molecule has 312 valence electrons. The number of hydrogen-bond acceptors (Lipinski definition) is 9. The van der Waals surface area contributed by atoms with Gasteiger partial charge in [0.25, 0.3) is 5.91 Å². The highest BCUT2D eigenvalue weighted by Crippen LogP contribution is 2.49. The van der Waals surface area contributed by atoms with Crippen LogP contribution in [0.3, 0.4) is 0 Å². The Labute approximate surface area is 343 Å². The number of piperazine rings is 1. The number of nitrogens with one attached hydrogen (secondary N) is 1. The number of fused-ring (bicyclic) bond motifs is 4. The highest BCUT2D eigenvalue weighted by molar-refractivity contribution is 7.99. The SMILES string of the molecule is C=S1(=O)NC(=O)c2ccc3c(c2)N(C[C@@H]2CC[C@H]2[C@@](CN2CCN([C@H](CCO)CC(=O)O)CC2)(OC)/C=C/C[C@H](C)[C@H]1C)C[C@@]1(CCCc2cc(Cl)ccc21)CO3. The third kappa shape index (κ3) is 8.77. The molecule has 2 aromatic rings. The molecule has 2 aromatic carbocycles. The number of ether oxygens (including phenoxy) is 2. The number of allylic oxidation sites excluding steroid dienone is 1. The Morgan fingerprint density at radius 3 is 2.65 bits per heavy atom. The number of carbonyl (C=O) groups is 2. The molecule has 7 rings (SSSR count). The summed E-state index contributed by atoms with van der Waals surface area (Å²) in [7, 11) is -1.19. The van der Waals surface area contributed by atoms with Crippen LogP contribution in [0.15, 0.2) is 48.6 Å². The molecule has 57 heavy (non-hydrogen) atoms. The number of benzene rings is 2. The quantitative estimate of drug-likeness (QED) is 0.235. The fraction of sp³-hybridized carbons (Fsp3) is 0.614. The van der Waals surface area contributed by atoms with Gasteiger partial charge in [-0.05, 0) is 117 Å². The van der Waals surface area contributed by atoms with Gasteiger partial charge < -0.3 is 24.6 Å². The molecule has 1 unspecified atom stereocenters. The maximum atomic E-state index is 14.1. The Bertz CT molecular complexity index is 1940. The Balaban J connectivity index is 1.24. The Hall–Kier alpha value is -3.13. The van der Waals surface area contributed by atoms with E-state index < -0.39 is 32.4 Å². The molecule has 1 amide bonds. The number of carboxylic acid groups (broad SMARTS) is 1. The molecule has 0 radical (unpaired) electrons. The van der Waals surface area contributed by atoms with Gasteiger partial charge in [-0.15, -0.1) is 0 Å². The first-order chi connectivity index (χ1) is 27.3. The van der Waals surface area contributed by atoms with Crippen molar-refractivity contribution in [1.29, 1.82) is 0 Å². The van der Waals surface area contributed by atoms with Crippen molar-refractivity contribution in [2.45, 2.75) is 87.5 Å². The minimum atomic E-state index is -3.01. The Kier molecular flexibility index (Phi) is 12.7. The van der Waals surface area contributed by atoms with Gasteiger partial charge in [-0.25, -0.2) is 4.21 Å². The highest BCUT2D eigenvalue weighted by atomic mass is 35.5. The van der Waals surface area contributed by atoms with Gasteiger partial charge in [0.05, 0.1) is 28.4 Å². The number of aryl methyl sites for hydroxylation is 1. The number of amides is 1. The largest absolute Gasteiger partial charge is 0.490 e. The molecule has 8 atom stereocenters. The second-order valence-corrected chi connectivity index (χ2v) is 20.3. The fourth-order valence-electron chi connectivity index (χ4n) is 10.3. The summed E-state index contributed by atoms with van der Waals surface area (Å²) < 4.78 is 30.4. The number of halogens is 1. The molecule has 3 heterocycles. The van der Waals surface area contributed by atoms with E-state index in [1.807, 2.05) is 32.2 Å². The average Bonchev–Trinajstić information content (AvgIpc) is 3.32. The number of carbonyl (C=O) groups excluding carboxylic acids is 1. The summed E-state index contributed by atoms with van der Waals surface area (Å²) in [4.78, 5) is 32.6. The topological polar surface area (TPSA) is 132 Å². The van der Waals surface area contributed by atoms with Crippen molar-refractivity contribution < 1.29 is 33.5 Å². The van der Waals surface area contributed by atoms with Crippen LogP contribution >= 0.6 is 11.6 Å². The molecule has 0 aromatic heterocycles. The molecule has 3 aliphatic heterocycles. The minimum Gasteiger partial charge on any atom is -0.490 e. The van der Waals surface area contributed by atoms with Gasteiger partial charge in [0.1, 0.15) is 11.4 Å². The van der Waals surface area contributed by atoms with Gasteiger partial charge in [0.2, 0.25) is 0 Å². The van der Waals surface area contributed by atoms with E-state index in [1.54, 1.807) is 6.07 Å². The standard InChI is InChI=1S/C44H61ClN4O7S/c1-30-7-5-17-44(55-3,28-47-18-20-48(21-19-47)36(15-22-50)25-41(51)52)38-12-9-34(38)26-49-27-43(16-6-8-32-23-35(45)11-13-37(32)43)29-56-40-14-10-33(24-39(40)49)42(53)46-57(4,54)31(30)2/h5,10-11,13-14,17,23-24,30-31,34,36,38,50H,4,6-9,12,15-16,18-22,25-29H2,1-3H3,(H,51,52)(H,46,53,54)/b17-5+/t30-,31+,34-,36+,38+,43-,44+,57?/m0/s1. The molecule has 2 bridgehead atoms. The molecule has 11 nitrogen and oxygen atoms in total. The molecule has 2 fully saturated rings. The van der Waals surface area contributed by atoms with Crippen LogP contribution in [0.4, 0.5) is 5.69 Å². The lowest BCUT2D eigenvalue weighted by Crippen LogP contribution is -2.59. The second-order valence-electron chi connectivity index (χ2n) is 17.4. The van der Waals surface area contributed by atoms with Crippen molar-refractivity contribution in [2.24, 2.45) is 17.8 Å². The number of methoxy groups -OCH3 is 1. The van der Waals surface area contributed by atoms with Crippen LogP contribution in [0, 0.1) is 17.8 Å². The summed E-state index contributed by atoms with van der Waals surface area (Å²) >= 11 is 6.52. The van der Waals surface area contributed by atoms with Crippen LogP contribution < -0.4 is 14.4 Å². The molecule has 2 aliphatic carbocycles. The van der Waals surface area contributed by atoms with Crippen LogP contribution in [-0.2, 0) is 31.1 Å². The first kappa shape index (κ1) is 42.0. The summed E-state index contributed by atoms with van der Waals surface area (Å²) in [6, 6.07) is 11.6. The molecule has 13 heteroatoms. The predicted octanol–water partition coefficient (Wildman–Crippen LogP) is 5.41. The maximum absolute atomic E-state index is 14.1. The zero-order valence-electron chi connectivity index (χ0n) is 33.8. The van der Waals surface area contributed by atoms with Crippen molar-refractivity contribution in [3.8, 4) is 5.75 Å². The number of aliphatic hydroxyl groups excluding tert-OH is 1. The summed E-state index contributed by atoms with van der Waals surface area (Å²) in [6.45, 7) is 9.54. The number of hydrogen-bond donors (Lipinski definition) is 3.